The minimum Gasteiger partial charge on any atom is -0.310 e. The fourth-order valence-electron chi connectivity index (χ4n) is 9.71. The minimum absolute atomic E-state index is 0.137. The molecule has 0 fully saturated rings. The van der Waals surface area contributed by atoms with E-state index in [1.54, 1.807) is 19.1 Å². The first-order chi connectivity index (χ1) is 31.6. The Morgan fingerprint density at radius 2 is 0.923 bits per heavy atom. The van der Waals surface area contributed by atoms with E-state index in [4.69, 9.17) is 6.57 Å². The second-order valence-electron chi connectivity index (χ2n) is 16.9. The van der Waals surface area contributed by atoms with Crippen LogP contribution in [-0.2, 0) is 6.18 Å². The molecule has 0 saturated carbocycles. The first-order valence-corrected chi connectivity index (χ1v) is 21.6. The Morgan fingerprint density at radius 1 is 0.415 bits per heavy atom. The molecule has 0 saturated heterocycles. The SMILES string of the molecule is [C-]#[N+]c1ccc(-c2cc(-c3c(C)cccc3C(F)(F)F)ccc2-n2c3ccccc3c3cc(-c4ccc(C)cc4)ccc32)c(-n2c3ccccc3c3cc(-c4ccc(C)cc4)ccc32)c1. The van der Waals surface area contributed by atoms with Crippen LogP contribution in [0.2, 0.25) is 0 Å². The Kier molecular flexibility index (Phi) is 9.34. The lowest BCUT2D eigenvalue weighted by atomic mass is 9.91. The van der Waals surface area contributed by atoms with Gasteiger partial charge in [0, 0.05) is 38.4 Å². The van der Waals surface area contributed by atoms with Crippen molar-refractivity contribution in [3.8, 4) is 55.9 Å². The first-order valence-electron chi connectivity index (χ1n) is 21.6. The van der Waals surface area contributed by atoms with Crippen LogP contribution in [0.25, 0.3) is 104 Å². The smallest absolute Gasteiger partial charge is 0.310 e. The highest BCUT2D eigenvalue weighted by Gasteiger charge is 2.34. The second-order valence-corrected chi connectivity index (χ2v) is 16.9. The van der Waals surface area contributed by atoms with Gasteiger partial charge in [0.25, 0.3) is 0 Å². The third kappa shape index (κ3) is 6.67. The van der Waals surface area contributed by atoms with E-state index < -0.39 is 11.7 Å². The van der Waals surface area contributed by atoms with Crippen LogP contribution in [0.1, 0.15) is 22.3 Å². The quantitative estimate of drug-likeness (QED) is 0.148. The maximum Gasteiger partial charge on any atom is 0.417 e. The van der Waals surface area contributed by atoms with Crippen LogP contribution in [-0.4, -0.2) is 9.13 Å². The van der Waals surface area contributed by atoms with Crippen molar-refractivity contribution in [1.82, 2.24) is 9.13 Å². The minimum atomic E-state index is -4.58. The third-order valence-electron chi connectivity index (χ3n) is 12.9. The summed E-state index contributed by atoms with van der Waals surface area (Å²) in [6.45, 7) is 14.1. The average molecular weight is 848 g/mol. The van der Waals surface area contributed by atoms with Gasteiger partial charge in [0.05, 0.1) is 39.9 Å². The summed E-state index contributed by atoms with van der Waals surface area (Å²) in [5, 5.41) is 4.21. The van der Waals surface area contributed by atoms with Crippen LogP contribution >= 0.6 is 0 Å². The predicted molar refractivity (Wildman–Crippen MR) is 262 cm³/mol. The van der Waals surface area contributed by atoms with Crippen molar-refractivity contribution in [1.29, 1.82) is 0 Å². The van der Waals surface area contributed by atoms with Crippen molar-refractivity contribution in [2.45, 2.75) is 26.9 Å². The second kappa shape index (κ2) is 15.3. The Hall–Kier alpha value is -8.14. The molecule has 9 aromatic carbocycles. The van der Waals surface area contributed by atoms with Crippen molar-refractivity contribution in [3.05, 3.63) is 222 Å². The van der Waals surface area contributed by atoms with Gasteiger partial charge in [0.15, 0.2) is 5.69 Å². The summed E-state index contributed by atoms with van der Waals surface area (Å²) in [7, 11) is 0. The van der Waals surface area contributed by atoms with Crippen LogP contribution in [0, 0.1) is 27.3 Å². The number of para-hydroxylation sites is 2. The van der Waals surface area contributed by atoms with Gasteiger partial charge < -0.3 is 9.13 Å². The van der Waals surface area contributed by atoms with E-state index in [2.05, 4.69) is 137 Å². The first kappa shape index (κ1) is 39.7. The summed E-state index contributed by atoms with van der Waals surface area (Å²) in [5.41, 5.74) is 14.5. The van der Waals surface area contributed by atoms with Crippen molar-refractivity contribution >= 4 is 49.3 Å². The topological polar surface area (TPSA) is 14.2 Å². The van der Waals surface area contributed by atoms with Crippen molar-refractivity contribution in [2.75, 3.05) is 0 Å². The number of hydrogen-bond donors (Lipinski definition) is 0. The van der Waals surface area contributed by atoms with E-state index in [1.165, 1.54) is 17.2 Å². The largest absolute Gasteiger partial charge is 0.417 e. The van der Waals surface area contributed by atoms with Gasteiger partial charge in [0.1, 0.15) is 0 Å². The lowest BCUT2D eigenvalue weighted by molar-refractivity contribution is -0.137. The number of hydrogen-bond acceptors (Lipinski definition) is 0. The molecule has 3 nitrogen and oxygen atoms in total. The lowest BCUT2D eigenvalue weighted by Gasteiger charge is -2.21. The molecule has 0 radical (unpaired) electrons. The predicted octanol–water partition coefficient (Wildman–Crippen LogP) is 17.0. The molecule has 11 aromatic rings. The fraction of sp³-hybridized carbons (Fsp3) is 0.0678. The summed E-state index contributed by atoms with van der Waals surface area (Å²) in [4.78, 5) is 3.91. The zero-order valence-electron chi connectivity index (χ0n) is 35.9. The zero-order valence-corrected chi connectivity index (χ0v) is 35.9. The van der Waals surface area contributed by atoms with Crippen LogP contribution in [0.15, 0.2) is 188 Å². The molecule has 0 atom stereocenters. The van der Waals surface area contributed by atoms with Crippen LogP contribution in [0.4, 0.5) is 18.9 Å². The molecule has 11 rings (SSSR count). The molecule has 2 heterocycles. The Labute approximate surface area is 374 Å². The van der Waals surface area contributed by atoms with Gasteiger partial charge in [-0.2, -0.15) is 13.2 Å². The lowest BCUT2D eigenvalue weighted by Crippen LogP contribution is -2.08. The summed E-state index contributed by atoms with van der Waals surface area (Å²) in [6.07, 6.45) is -4.58. The highest BCUT2D eigenvalue weighted by Crippen LogP contribution is 2.46. The van der Waals surface area contributed by atoms with Gasteiger partial charge in [-0.05, 0) is 120 Å². The van der Waals surface area contributed by atoms with Crippen molar-refractivity contribution < 1.29 is 13.2 Å². The Balaban J connectivity index is 1.23. The molecular formula is C59H40F3N3. The number of nitrogens with zero attached hydrogens (tertiary/aromatic N) is 3. The van der Waals surface area contributed by atoms with Crippen LogP contribution < -0.4 is 0 Å². The van der Waals surface area contributed by atoms with E-state index in [0.717, 1.165) is 94.4 Å². The number of aryl methyl sites for hydroxylation is 3. The van der Waals surface area contributed by atoms with Crippen molar-refractivity contribution in [2.24, 2.45) is 0 Å². The summed E-state index contributed by atoms with van der Waals surface area (Å²) < 4.78 is 49.2. The molecular weight excluding hydrogens is 808 g/mol. The summed E-state index contributed by atoms with van der Waals surface area (Å²) in [5.74, 6) is 0. The van der Waals surface area contributed by atoms with Crippen LogP contribution in [0.5, 0.6) is 0 Å². The van der Waals surface area contributed by atoms with Gasteiger partial charge >= 0.3 is 6.18 Å². The number of benzene rings is 9. The molecule has 0 aliphatic rings. The van der Waals surface area contributed by atoms with Crippen molar-refractivity contribution in [3.63, 3.8) is 0 Å². The number of fused-ring (bicyclic) bond motifs is 6. The molecule has 0 aliphatic heterocycles. The van der Waals surface area contributed by atoms with E-state index in [-0.39, 0.29) is 5.56 Å². The molecule has 312 valence electrons. The molecule has 0 amide bonds. The molecule has 0 bridgehead atoms. The highest BCUT2D eigenvalue weighted by molar-refractivity contribution is 6.13. The molecule has 0 N–H and O–H groups in total. The van der Waals surface area contributed by atoms with Crippen LogP contribution in [0.3, 0.4) is 0 Å². The van der Waals surface area contributed by atoms with E-state index in [1.807, 2.05) is 54.6 Å². The van der Waals surface area contributed by atoms with E-state index in [0.29, 0.717) is 16.8 Å². The summed E-state index contributed by atoms with van der Waals surface area (Å²) in [6, 6.07) is 62.3. The maximum atomic E-state index is 14.9. The molecule has 6 heteroatoms. The normalized spacial score (nSPS) is 11.8. The number of rotatable bonds is 6. The van der Waals surface area contributed by atoms with E-state index >= 15 is 0 Å². The summed E-state index contributed by atoms with van der Waals surface area (Å²) >= 11 is 0. The molecule has 65 heavy (non-hydrogen) atoms. The molecule has 2 aromatic heterocycles. The molecule has 0 aliphatic carbocycles. The van der Waals surface area contributed by atoms with Gasteiger partial charge in [-0.1, -0.05) is 139 Å². The standard InChI is InChI=1S/C59H40F3N3/c1-36-16-20-39(21-17-36)41-24-29-54-48(32-41)45-11-5-7-14-52(45)64(54)55-31-26-43(58-38(3)10-9-13-51(58)59(60,61)62)34-50(55)47-28-27-44(63-4)35-57(47)65-53-15-8-6-12-46(53)49-33-42(25-30-56(49)65)40-22-18-37(2)19-23-40/h5-35H,1-3H3. The monoisotopic (exact) mass is 847 g/mol. The third-order valence-corrected chi connectivity index (χ3v) is 12.9. The number of alkyl halides is 3. The number of halogens is 3. The van der Waals surface area contributed by atoms with Gasteiger partial charge in [-0.3, -0.25) is 0 Å². The Morgan fingerprint density at radius 3 is 1.48 bits per heavy atom. The van der Waals surface area contributed by atoms with Gasteiger partial charge in [-0.15, -0.1) is 0 Å². The molecule has 0 spiro atoms. The van der Waals surface area contributed by atoms with Gasteiger partial charge in [0.2, 0.25) is 0 Å². The Bertz CT molecular complexity index is 3730. The highest BCUT2D eigenvalue weighted by atomic mass is 19.4. The average Bonchev–Trinajstić information content (AvgIpc) is 3.83. The molecule has 0 unspecified atom stereocenters. The van der Waals surface area contributed by atoms with E-state index in [9.17, 15) is 13.2 Å². The number of aromatic nitrogens is 2. The van der Waals surface area contributed by atoms with Gasteiger partial charge in [-0.25, -0.2) is 4.85 Å². The zero-order chi connectivity index (χ0) is 44.6. The maximum absolute atomic E-state index is 14.9. The fourth-order valence-corrected chi connectivity index (χ4v) is 9.71.